The lowest BCUT2D eigenvalue weighted by atomic mass is 10.1. The molecule has 0 aromatic heterocycles. The van der Waals surface area contributed by atoms with Crippen LogP contribution in [0.4, 0.5) is 0 Å². The van der Waals surface area contributed by atoms with E-state index < -0.39 is 0 Å². The predicted octanol–water partition coefficient (Wildman–Crippen LogP) is 2.99. The van der Waals surface area contributed by atoms with Gasteiger partial charge < -0.3 is 19.7 Å². The molecule has 1 aliphatic heterocycles. The van der Waals surface area contributed by atoms with Crippen molar-refractivity contribution in [3.05, 3.63) is 22.7 Å². The predicted molar refractivity (Wildman–Crippen MR) is 94.4 cm³/mol. The van der Waals surface area contributed by atoms with Gasteiger partial charge >= 0.3 is 0 Å². The first kappa shape index (κ1) is 19.9. The molecular weight excluding hydrogens is 339 g/mol. The van der Waals surface area contributed by atoms with E-state index in [1.807, 2.05) is 4.90 Å². The highest BCUT2D eigenvalue weighted by Crippen LogP contribution is 2.36. The van der Waals surface area contributed by atoms with Crippen molar-refractivity contribution in [1.29, 1.82) is 0 Å². The second-order valence-electron chi connectivity index (χ2n) is 5.23. The smallest absolute Gasteiger partial charge is 0.254 e. The Balaban J connectivity index is 0.00000264. The van der Waals surface area contributed by atoms with Gasteiger partial charge in [0.25, 0.3) is 5.91 Å². The lowest BCUT2D eigenvalue weighted by Crippen LogP contribution is -2.46. The number of benzene rings is 1. The maximum atomic E-state index is 12.5. The van der Waals surface area contributed by atoms with Gasteiger partial charge in [0.2, 0.25) is 0 Å². The van der Waals surface area contributed by atoms with Crippen molar-refractivity contribution >= 4 is 29.9 Å². The molecule has 1 aliphatic rings. The van der Waals surface area contributed by atoms with Gasteiger partial charge in [0.05, 0.1) is 18.7 Å². The molecule has 1 aromatic carbocycles. The fourth-order valence-corrected chi connectivity index (χ4v) is 2.62. The van der Waals surface area contributed by atoms with Gasteiger partial charge in [-0.25, -0.2) is 0 Å². The first-order valence-corrected chi connectivity index (χ1v) is 8.05. The molecule has 1 fully saturated rings. The Labute approximate surface area is 148 Å². The van der Waals surface area contributed by atoms with E-state index in [2.05, 4.69) is 12.2 Å². The second-order valence-corrected chi connectivity index (χ2v) is 5.64. The van der Waals surface area contributed by atoms with Crippen LogP contribution < -0.4 is 14.8 Å². The molecule has 1 heterocycles. The number of nitrogens with one attached hydrogen (secondary N) is 1. The molecule has 5 nitrogen and oxygen atoms in total. The summed E-state index contributed by atoms with van der Waals surface area (Å²) in [6, 6.07) is 3.37. The highest BCUT2D eigenvalue weighted by atomic mass is 35.5. The monoisotopic (exact) mass is 362 g/mol. The van der Waals surface area contributed by atoms with E-state index in [0.29, 0.717) is 41.8 Å². The van der Waals surface area contributed by atoms with Crippen LogP contribution in [-0.2, 0) is 0 Å². The number of amides is 1. The van der Waals surface area contributed by atoms with E-state index in [0.717, 1.165) is 25.9 Å². The topological polar surface area (TPSA) is 50.8 Å². The summed E-state index contributed by atoms with van der Waals surface area (Å²) in [6.45, 7) is 5.71. The van der Waals surface area contributed by atoms with Gasteiger partial charge in [-0.1, -0.05) is 24.9 Å². The number of rotatable bonds is 6. The van der Waals surface area contributed by atoms with Crippen molar-refractivity contribution in [3.8, 4) is 11.5 Å². The lowest BCUT2D eigenvalue weighted by Gasteiger charge is -2.27. The standard InChI is InChI=1S/C16H23ClN2O3.ClH/c1-3-4-9-22-15-13(17)10-12(11-14(15)21-2)16(20)19-7-5-18-6-8-19;/h10-11,18H,3-9H2,1-2H3;1H. The lowest BCUT2D eigenvalue weighted by molar-refractivity contribution is 0.0735. The Morgan fingerprint density at radius 1 is 1.35 bits per heavy atom. The van der Waals surface area contributed by atoms with E-state index in [-0.39, 0.29) is 18.3 Å². The van der Waals surface area contributed by atoms with Gasteiger partial charge in [0.1, 0.15) is 0 Å². The number of unbranched alkanes of at least 4 members (excludes halogenated alkanes) is 1. The Bertz CT molecular complexity index is 520. The SMILES string of the molecule is CCCCOc1c(Cl)cc(C(=O)N2CCNCC2)cc1OC.Cl. The van der Waals surface area contributed by atoms with Gasteiger partial charge in [-0.2, -0.15) is 0 Å². The average Bonchev–Trinajstić information content (AvgIpc) is 2.56. The van der Waals surface area contributed by atoms with E-state index in [1.54, 1.807) is 19.2 Å². The van der Waals surface area contributed by atoms with Gasteiger partial charge in [0.15, 0.2) is 11.5 Å². The molecule has 1 saturated heterocycles. The minimum Gasteiger partial charge on any atom is -0.493 e. The molecule has 1 amide bonds. The molecule has 130 valence electrons. The average molecular weight is 363 g/mol. The zero-order valence-corrected chi connectivity index (χ0v) is 15.1. The molecule has 0 radical (unpaired) electrons. The summed E-state index contributed by atoms with van der Waals surface area (Å²) >= 11 is 6.29. The Kier molecular flexibility index (Phi) is 8.52. The second kappa shape index (κ2) is 9.85. The van der Waals surface area contributed by atoms with Gasteiger partial charge in [-0.3, -0.25) is 4.79 Å². The molecule has 0 aliphatic carbocycles. The van der Waals surface area contributed by atoms with Crippen LogP contribution in [0, 0.1) is 0 Å². The van der Waals surface area contributed by atoms with E-state index in [4.69, 9.17) is 21.1 Å². The zero-order chi connectivity index (χ0) is 15.9. The molecule has 1 N–H and O–H groups in total. The van der Waals surface area contributed by atoms with Crippen molar-refractivity contribution in [3.63, 3.8) is 0 Å². The largest absolute Gasteiger partial charge is 0.493 e. The third-order valence-electron chi connectivity index (χ3n) is 3.62. The number of nitrogens with zero attached hydrogens (tertiary/aromatic N) is 1. The van der Waals surface area contributed by atoms with Crippen LogP contribution in [-0.4, -0.2) is 50.7 Å². The van der Waals surface area contributed by atoms with E-state index in [1.165, 1.54) is 0 Å². The van der Waals surface area contributed by atoms with Gasteiger partial charge in [-0.05, 0) is 18.6 Å². The van der Waals surface area contributed by atoms with E-state index >= 15 is 0 Å². The number of halogens is 2. The van der Waals surface area contributed by atoms with Crippen LogP contribution >= 0.6 is 24.0 Å². The van der Waals surface area contributed by atoms with Crippen LogP contribution in [0.25, 0.3) is 0 Å². The van der Waals surface area contributed by atoms with Gasteiger partial charge in [0, 0.05) is 31.7 Å². The molecule has 0 spiro atoms. The number of piperazine rings is 1. The van der Waals surface area contributed by atoms with Crippen LogP contribution in [0.3, 0.4) is 0 Å². The van der Waals surface area contributed by atoms with Crippen LogP contribution in [0.15, 0.2) is 12.1 Å². The van der Waals surface area contributed by atoms with Crippen LogP contribution in [0.1, 0.15) is 30.1 Å². The molecule has 1 aromatic rings. The maximum Gasteiger partial charge on any atom is 0.254 e. The van der Waals surface area contributed by atoms with Crippen molar-refractivity contribution in [2.75, 3.05) is 39.9 Å². The summed E-state index contributed by atoms with van der Waals surface area (Å²) < 4.78 is 11.0. The third kappa shape index (κ3) is 5.16. The van der Waals surface area contributed by atoms with Crippen LogP contribution in [0.5, 0.6) is 11.5 Å². The highest BCUT2D eigenvalue weighted by molar-refractivity contribution is 6.32. The number of carbonyl (C=O) groups is 1. The van der Waals surface area contributed by atoms with Gasteiger partial charge in [-0.15, -0.1) is 12.4 Å². The third-order valence-corrected chi connectivity index (χ3v) is 3.91. The molecule has 2 rings (SSSR count). The first-order chi connectivity index (χ1) is 10.7. The first-order valence-electron chi connectivity index (χ1n) is 7.67. The quantitative estimate of drug-likeness (QED) is 0.790. The molecule has 0 atom stereocenters. The van der Waals surface area contributed by atoms with E-state index in [9.17, 15) is 4.79 Å². The number of methoxy groups -OCH3 is 1. The van der Waals surface area contributed by atoms with Crippen molar-refractivity contribution in [2.45, 2.75) is 19.8 Å². The summed E-state index contributed by atoms with van der Waals surface area (Å²) in [4.78, 5) is 14.4. The summed E-state index contributed by atoms with van der Waals surface area (Å²) in [5.41, 5.74) is 0.534. The normalized spacial score (nSPS) is 14.1. The number of hydrogen-bond acceptors (Lipinski definition) is 4. The Morgan fingerprint density at radius 3 is 2.65 bits per heavy atom. The molecular formula is C16H24Cl2N2O3. The minimum atomic E-state index is -0.0261. The van der Waals surface area contributed by atoms with Crippen LogP contribution in [0.2, 0.25) is 5.02 Å². The fraction of sp³-hybridized carbons (Fsp3) is 0.562. The highest BCUT2D eigenvalue weighted by Gasteiger charge is 2.21. The minimum absolute atomic E-state index is 0. The number of ether oxygens (including phenoxy) is 2. The Morgan fingerprint density at radius 2 is 2.04 bits per heavy atom. The van der Waals surface area contributed by atoms with Crippen molar-refractivity contribution in [1.82, 2.24) is 10.2 Å². The summed E-state index contributed by atoms with van der Waals surface area (Å²) in [5.74, 6) is 0.985. The van der Waals surface area contributed by atoms with Crippen molar-refractivity contribution in [2.24, 2.45) is 0 Å². The number of hydrogen-bond donors (Lipinski definition) is 1. The summed E-state index contributed by atoms with van der Waals surface area (Å²) in [5, 5.41) is 3.64. The molecule has 0 unspecified atom stereocenters. The fourth-order valence-electron chi connectivity index (χ4n) is 2.35. The van der Waals surface area contributed by atoms with Crippen molar-refractivity contribution < 1.29 is 14.3 Å². The molecule has 0 bridgehead atoms. The maximum absolute atomic E-state index is 12.5. The summed E-state index contributed by atoms with van der Waals surface area (Å²) in [6.07, 6.45) is 1.99. The molecule has 23 heavy (non-hydrogen) atoms. The summed E-state index contributed by atoms with van der Waals surface area (Å²) in [7, 11) is 1.55. The Hall–Kier alpha value is -1.17. The number of carbonyl (C=O) groups excluding carboxylic acids is 1. The molecule has 0 saturated carbocycles. The molecule has 7 heteroatoms. The zero-order valence-electron chi connectivity index (χ0n) is 13.6.